The van der Waals surface area contributed by atoms with Crippen molar-refractivity contribution in [3.05, 3.63) is 71.8 Å². The highest BCUT2D eigenvalue weighted by Crippen LogP contribution is 2.55. The fourth-order valence-corrected chi connectivity index (χ4v) is 5.51. The van der Waals surface area contributed by atoms with Crippen molar-refractivity contribution in [2.75, 3.05) is 5.08 Å². The lowest BCUT2D eigenvalue weighted by atomic mass is 10.0. The van der Waals surface area contributed by atoms with Gasteiger partial charge >= 0.3 is 0 Å². The summed E-state index contributed by atoms with van der Waals surface area (Å²) in [6, 6.07) is 21.7. The second kappa shape index (κ2) is 5.19. The predicted octanol–water partition coefficient (Wildman–Crippen LogP) is 4.91. The van der Waals surface area contributed by atoms with Crippen LogP contribution in [0.1, 0.15) is 21.6 Å². The van der Waals surface area contributed by atoms with Crippen molar-refractivity contribution in [2.24, 2.45) is 0 Å². The molecule has 0 spiro atoms. The number of rotatable bonds is 2. The maximum absolute atomic E-state index is 2.25. The molecule has 0 saturated carbocycles. The largest absolute Gasteiger partial charge is 0.141 e. The van der Waals surface area contributed by atoms with E-state index in [1.807, 2.05) is 0 Å². The van der Waals surface area contributed by atoms with Crippen molar-refractivity contribution < 1.29 is 0 Å². The quantitative estimate of drug-likeness (QED) is 0.751. The van der Waals surface area contributed by atoms with Crippen LogP contribution < -0.4 is 0 Å². The van der Waals surface area contributed by atoms with Crippen molar-refractivity contribution in [1.29, 1.82) is 0 Å². The highest BCUT2D eigenvalue weighted by Gasteiger charge is 2.30. The molecule has 86 valence electrons. The lowest BCUT2D eigenvalue weighted by Crippen LogP contribution is -1.99. The van der Waals surface area contributed by atoms with Crippen LogP contribution in [0, 0.1) is 0 Å². The molecule has 2 aromatic rings. The summed E-state index contributed by atoms with van der Waals surface area (Å²) in [7, 11) is 0. The highest BCUT2D eigenvalue weighted by atomic mass is 32.2. The molecule has 0 N–H and O–H groups in total. The van der Waals surface area contributed by atoms with E-state index in [1.165, 1.54) is 16.2 Å². The van der Waals surface area contributed by atoms with E-state index in [4.69, 9.17) is 0 Å². The van der Waals surface area contributed by atoms with Gasteiger partial charge in [0.25, 0.3) is 0 Å². The minimum atomic E-state index is 0.601. The van der Waals surface area contributed by atoms with Crippen LogP contribution in [0.5, 0.6) is 0 Å². The van der Waals surface area contributed by atoms with Gasteiger partial charge in [0.2, 0.25) is 0 Å². The molecule has 1 fully saturated rings. The van der Waals surface area contributed by atoms with Crippen LogP contribution in [0.4, 0.5) is 0 Å². The number of hydrogen-bond donors (Lipinski definition) is 0. The normalized spacial score (nSPS) is 23.8. The molecule has 1 heterocycles. The summed E-state index contributed by atoms with van der Waals surface area (Å²) in [4.78, 5) is 0. The first-order valence-electron chi connectivity index (χ1n) is 5.78. The molecule has 0 amide bonds. The lowest BCUT2D eigenvalue weighted by Gasteiger charge is -2.18. The molecule has 0 aliphatic carbocycles. The van der Waals surface area contributed by atoms with E-state index >= 15 is 0 Å². The van der Waals surface area contributed by atoms with Gasteiger partial charge in [-0.1, -0.05) is 60.7 Å². The van der Waals surface area contributed by atoms with Gasteiger partial charge in [0.05, 0.1) is 0 Å². The van der Waals surface area contributed by atoms with E-state index in [0.29, 0.717) is 10.5 Å². The third-order valence-electron chi connectivity index (χ3n) is 3.03. The second-order valence-electron chi connectivity index (χ2n) is 4.11. The smallest absolute Gasteiger partial charge is 0.0465 e. The van der Waals surface area contributed by atoms with Gasteiger partial charge in [-0.3, -0.25) is 0 Å². The van der Waals surface area contributed by atoms with E-state index in [1.54, 1.807) is 0 Å². The Morgan fingerprint density at radius 3 is 1.47 bits per heavy atom. The average molecular weight is 258 g/mol. The van der Waals surface area contributed by atoms with Gasteiger partial charge in [-0.05, 0) is 11.1 Å². The van der Waals surface area contributed by atoms with Crippen molar-refractivity contribution in [2.45, 2.75) is 10.5 Å². The summed E-state index contributed by atoms with van der Waals surface area (Å²) < 4.78 is 0. The standard InChI is InChI=1S/C15H14S2/c1-3-7-12(8-4-1)14-15(17-11-16-14)13-9-5-2-6-10-13/h1-10,14-15H,11H2/t14-,15+. The maximum Gasteiger partial charge on any atom is 0.0465 e. The summed E-state index contributed by atoms with van der Waals surface area (Å²) in [5, 5.41) is 2.39. The van der Waals surface area contributed by atoms with Gasteiger partial charge in [-0.15, -0.1) is 23.5 Å². The van der Waals surface area contributed by atoms with Gasteiger partial charge in [-0.2, -0.15) is 0 Å². The minimum Gasteiger partial charge on any atom is -0.141 e. The molecule has 2 heteroatoms. The van der Waals surface area contributed by atoms with Gasteiger partial charge < -0.3 is 0 Å². The molecule has 2 aromatic carbocycles. The van der Waals surface area contributed by atoms with Crippen LogP contribution in [0.15, 0.2) is 60.7 Å². The van der Waals surface area contributed by atoms with Crippen molar-refractivity contribution >= 4 is 23.5 Å². The van der Waals surface area contributed by atoms with E-state index in [2.05, 4.69) is 84.2 Å². The Labute approximate surface area is 111 Å². The van der Waals surface area contributed by atoms with E-state index in [0.717, 1.165) is 0 Å². The van der Waals surface area contributed by atoms with Gasteiger partial charge in [0, 0.05) is 15.6 Å². The van der Waals surface area contributed by atoms with Crippen LogP contribution in [-0.4, -0.2) is 5.08 Å². The topological polar surface area (TPSA) is 0 Å². The summed E-state index contributed by atoms with van der Waals surface area (Å²) in [6.45, 7) is 0. The molecule has 0 radical (unpaired) electrons. The van der Waals surface area contributed by atoms with Crippen LogP contribution in [0.25, 0.3) is 0 Å². The first kappa shape index (κ1) is 11.2. The van der Waals surface area contributed by atoms with Crippen LogP contribution in [0.2, 0.25) is 0 Å². The molecule has 0 bridgehead atoms. The molecule has 0 aromatic heterocycles. The Bertz CT molecular complexity index is 421. The SMILES string of the molecule is c1ccc([C@H]2SCS[C@H]2c2ccccc2)cc1. The highest BCUT2D eigenvalue weighted by molar-refractivity contribution is 8.19. The molecule has 2 atom stereocenters. The Balaban J connectivity index is 1.91. The molecule has 17 heavy (non-hydrogen) atoms. The van der Waals surface area contributed by atoms with E-state index < -0.39 is 0 Å². The Morgan fingerprint density at radius 1 is 0.647 bits per heavy atom. The summed E-state index contributed by atoms with van der Waals surface area (Å²) in [6.07, 6.45) is 0. The molecule has 0 unspecified atom stereocenters. The lowest BCUT2D eigenvalue weighted by molar-refractivity contribution is 0.920. The Kier molecular flexibility index (Phi) is 3.44. The first-order valence-corrected chi connectivity index (χ1v) is 7.88. The molecule has 1 aliphatic heterocycles. The van der Waals surface area contributed by atoms with Crippen LogP contribution >= 0.6 is 23.5 Å². The molecule has 1 saturated heterocycles. The molecule has 0 nitrogen and oxygen atoms in total. The van der Waals surface area contributed by atoms with Crippen molar-refractivity contribution in [1.82, 2.24) is 0 Å². The van der Waals surface area contributed by atoms with Crippen LogP contribution in [-0.2, 0) is 0 Å². The fraction of sp³-hybridized carbons (Fsp3) is 0.200. The molecule has 3 rings (SSSR count). The van der Waals surface area contributed by atoms with Crippen molar-refractivity contribution in [3.63, 3.8) is 0 Å². The third kappa shape index (κ3) is 2.38. The molecular weight excluding hydrogens is 244 g/mol. The monoisotopic (exact) mass is 258 g/mol. The number of benzene rings is 2. The van der Waals surface area contributed by atoms with E-state index in [9.17, 15) is 0 Å². The summed E-state index contributed by atoms with van der Waals surface area (Å²) in [5.41, 5.74) is 2.91. The fourth-order valence-electron chi connectivity index (χ4n) is 2.19. The summed E-state index contributed by atoms with van der Waals surface area (Å²) >= 11 is 4.12. The maximum atomic E-state index is 2.25. The zero-order valence-corrected chi connectivity index (χ0v) is 11.1. The first-order chi connectivity index (χ1) is 8.45. The third-order valence-corrected chi connectivity index (χ3v) is 6.09. The zero-order chi connectivity index (χ0) is 11.5. The zero-order valence-electron chi connectivity index (χ0n) is 9.45. The Morgan fingerprint density at radius 2 is 1.06 bits per heavy atom. The molecule has 1 aliphatic rings. The van der Waals surface area contributed by atoms with Crippen LogP contribution in [0.3, 0.4) is 0 Å². The number of hydrogen-bond acceptors (Lipinski definition) is 2. The minimum absolute atomic E-state index is 0.601. The second-order valence-corrected chi connectivity index (χ2v) is 6.74. The van der Waals surface area contributed by atoms with Gasteiger partial charge in [-0.25, -0.2) is 0 Å². The number of thioether (sulfide) groups is 2. The predicted molar refractivity (Wildman–Crippen MR) is 78.4 cm³/mol. The van der Waals surface area contributed by atoms with E-state index in [-0.39, 0.29) is 0 Å². The van der Waals surface area contributed by atoms with Crippen molar-refractivity contribution in [3.8, 4) is 0 Å². The average Bonchev–Trinajstić information content (AvgIpc) is 2.90. The molecular formula is C15H14S2. The Hall–Kier alpha value is -0.860. The van der Waals surface area contributed by atoms with Gasteiger partial charge in [0.1, 0.15) is 0 Å². The summed E-state index contributed by atoms with van der Waals surface area (Å²) in [5.74, 6) is 0. The van der Waals surface area contributed by atoms with Gasteiger partial charge in [0.15, 0.2) is 0 Å².